The molecule has 0 aliphatic rings. The first kappa shape index (κ1) is 38.0. The van der Waals surface area contributed by atoms with Crippen molar-refractivity contribution in [3.05, 3.63) is 112 Å². The van der Waals surface area contributed by atoms with E-state index < -0.39 is 45.2 Å². The summed E-state index contributed by atoms with van der Waals surface area (Å²) in [4.78, 5) is 39.0. The van der Waals surface area contributed by atoms with Crippen LogP contribution in [0.15, 0.2) is 89.8 Å². The quantitative estimate of drug-likeness (QED) is 0.140. The summed E-state index contributed by atoms with van der Waals surface area (Å²) < 4.78 is 50.9. The highest BCUT2D eigenvalue weighted by molar-refractivity contribution is 7.90. The molecule has 264 valence electrons. The first-order valence-electron chi connectivity index (χ1n) is 15.7. The van der Waals surface area contributed by atoms with Crippen LogP contribution in [0.1, 0.15) is 55.6 Å². The average Bonchev–Trinajstić information content (AvgIpc) is 3.03. The molecule has 0 aliphatic heterocycles. The van der Waals surface area contributed by atoms with E-state index in [1.165, 1.54) is 30.3 Å². The van der Waals surface area contributed by atoms with Crippen molar-refractivity contribution in [3.63, 3.8) is 0 Å². The Bertz CT molecular complexity index is 2000. The van der Waals surface area contributed by atoms with E-state index >= 15 is 0 Å². The molecule has 4 aromatic carbocycles. The van der Waals surface area contributed by atoms with Crippen LogP contribution in [0, 0.1) is 5.82 Å². The van der Waals surface area contributed by atoms with E-state index in [-0.39, 0.29) is 34.9 Å². The second-order valence-corrected chi connectivity index (χ2v) is 14.9. The lowest BCUT2D eigenvalue weighted by Gasteiger charge is -2.20. The van der Waals surface area contributed by atoms with Gasteiger partial charge in [-0.15, -0.1) is 0 Å². The molecular weight excluding hydrogens is 685 g/mol. The molecule has 3 amide bonds. The van der Waals surface area contributed by atoms with E-state index in [2.05, 4.69) is 16.0 Å². The van der Waals surface area contributed by atoms with E-state index in [9.17, 15) is 27.2 Å². The lowest BCUT2D eigenvalue weighted by atomic mass is 9.98. The minimum Gasteiger partial charge on any atom is -0.457 e. The van der Waals surface area contributed by atoms with Gasteiger partial charge in [-0.05, 0) is 86.8 Å². The molecule has 3 N–H and O–H groups in total. The molecule has 0 bridgehead atoms. The van der Waals surface area contributed by atoms with Crippen LogP contribution in [-0.2, 0) is 32.5 Å². The van der Waals surface area contributed by atoms with Gasteiger partial charge in [-0.25, -0.2) is 17.6 Å². The molecule has 4 aromatic rings. The molecule has 1 atom stereocenters. The number of nitrogens with one attached hydrogen (secondary N) is 3. The van der Waals surface area contributed by atoms with Crippen LogP contribution >= 0.6 is 11.6 Å². The zero-order chi connectivity index (χ0) is 36.6. The van der Waals surface area contributed by atoms with Gasteiger partial charge in [0.25, 0.3) is 5.91 Å². The van der Waals surface area contributed by atoms with Gasteiger partial charge in [-0.1, -0.05) is 48.9 Å². The number of imide groups is 1. The Hall–Kier alpha value is -4.78. The van der Waals surface area contributed by atoms with Gasteiger partial charge in [0.15, 0.2) is 9.84 Å². The number of hydrogen-bond acceptors (Lipinski definition) is 8. The van der Waals surface area contributed by atoms with Crippen LogP contribution in [0.5, 0.6) is 11.5 Å². The van der Waals surface area contributed by atoms with Crippen LogP contribution in [0.2, 0.25) is 5.02 Å². The SMILES string of the molecule is CCC(NCc1ccccc1F)C(=O)NC(=O)c1ccc(S(C)(=O)=O)cc1-c1ccc(Cl)cc1Oc1cccc(CNC(=O)OC(C)(C)C)c1. The van der Waals surface area contributed by atoms with Crippen molar-refractivity contribution in [2.45, 2.75) is 63.7 Å². The molecule has 0 saturated carbocycles. The van der Waals surface area contributed by atoms with E-state index in [4.69, 9.17) is 21.1 Å². The largest absolute Gasteiger partial charge is 0.457 e. The van der Waals surface area contributed by atoms with Crippen molar-refractivity contribution in [1.29, 1.82) is 0 Å². The predicted molar refractivity (Wildman–Crippen MR) is 189 cm³/mol. The number of hydrogen-bond donors (Lipinski definition) is 3. The monoisotopic (exact) mass is 723 g/mol. The second kappa shape index (κ2) is 16.3. The Morgan fingerprint density at radius 1 is 0.900 bits per heavy atom. The van der Waals surface area contributed by atoms with E-state index in [1.807, 2.05) is 0 Å². The van der Waals surface area contributed by atoms with Crippen LogP contribution in [0.3, 0.4) is 0 Å². The molecule has 0 spiro atoms. The van der Waals surface area contributed by atoms with Gasteiger partial charge in [-0.3, -0.25) is 14.9 Å². The molecule has 0 radical (unpaired) electrons. The Kier molecular flexibility index (Phi) is 12.4. The molecule has 0 aliphatic carbocycles. The molecule has 0 fully saturated rings. The minimum atomic E-state index is -3.71. The molecule has 10 nitrogen and oxygen atoms in total. The molecule has 50 heavy (non-hydrogen) atoms. The third-order valence-corrected chi connectivity index (χ3v) is 8.66. The van der Waals surface area contributed by atoms with Crippen molar-refractivity contribution >= 4 is 39.3 Å². The Morgan fingerprint density at radius 3 is 2.32 bits per heavy atom. The van der Waals surface area contributed by atoms with Gasteiger partial charge in [0.05, 0.1) is 10.9 Å². The summed E-state index contributed by atoms with van der Waals surface area (Å²) in [6.07, 6.45) is 0.759. The maximum absolute atomic E-state index is 14.2. The summed E-state index contributed by atoms with van der Waals surface area (Å²) in [5.41, 5.74) is 0.886. The minimum absolute atomic E-state index is 0.00260. The van der Waals surface area contributed by atoms with Crippen LogP contribution < -0.4 is 20.7 Å². The predicted octanol–water partition coefficient (Wildman–Crippen LogP) is 7.19. The van der Waals surface area contributed by atoms with Crippen molar-refractivity contribution in [2.75, 3.05) is 6.26 Å². The number of halogens is 2. The van der Waals surface area contributed by atoms with Crippen molar-refractivity contribution < 1.29 is 36.7 Å². The normalized spacial score (nSPS) is 12.1. The van der Waals surface area contributed by atoms with Crippen LogP contribution in [0.4, 0.5) is 9.18 Å². The molecule has 0 saturated heterocycles. The molecule has 0 aromatic heterocycles. The summed E-state index contributed by atoms with van der Waals surface area (Å²) in [5.74, 6) is -1.29. The summed E-state index contributed by atoms with van der Waals surface area (Å²) in [6.45, 7) is 7.24. The van der Waals surface area contributed by atoms with Crippen LogP contribution in [0.25, 0.3) is 11.1 Å². The maximum atomic E-state index is 14.2. The van der Waals surface area contributed by atoms with Crippen molar-refractivity contribution in [3.8, 4) is 22.6 Å². The van der Waals surface area contributed by atoms with Gasteiger partial charge in [0.2, 0.25) is 5.91 Å². The highest BCUT2D eigenvalue weighted by atomic mass is 35.5. The van der Waals surface area contributed by atoms with Crippen molar-refractivity contribution in [1.82, 2.24) is 16.0 Å². The number of sulfone groups is 1. The first-order chi connectivity index (χ1) is 23.5. The number of carbonyl (C=O) groups excluding carboxylic acids is 3. The number of ether oxygens (including phenoxy) is 2. The fourth-order valence-corrected chi connectivity index (χ4v) is 5.69. The third kappa shape index (κ3) is 10.6. The Balaban J connectivity index is 1.63. The van der Waals surface area contributed by atoms with Gasteiger partial charge in [0, 0.05) is 47.1 Å². The zero-order valence-electron chi connectivity index (χ0n) is 28.3. The standard InChI is InChI=1S/C37H39ClFN3O7S/c1-6-32(40-22-24-11-7-8-13-31(24)39)35(44)42-34(43)29-17-15-27(50(5,46)47)20-30(29)28-16-14-25(38)19-33(28)48-26-12-9-10-23(18-26)21-41-36(45)49-37(2,3)4/h7-20,32,40H,6,21-22H2,1-5H3,(H,41,45)(H,42,43,44). The number of amides is 3. The number of benzene rings is 4. The molecular formula is C37H39ClFN3O7S. The first-order valence-corrected chi connectivity index (χ1v) is 18.0. The fraction of sp³-hybridized carbons (Fsp3) is 0.270. The topological polar surface area (TPSA) is 140 Å². The van der Waals surface area contributed by atoms with Gasteiger partial charge >= 0.3 is 6.09 Å². The summed E-state index contributed by atoms with van der Waals surface area (Å²) in [5, 5.41) is 8.37. The number of carbonyl (C=O) groups is 3. The Morgan fingerprint density at radius 2 is 1.64 bits per heavy atom. The maximum Gasteiger partial charge on any atom is 0.407 e. The van der Waals surface area contributed by atoms with Gasteiger partial charge in [0.1, 0.15) is 22.9 Å². The highest BCUT2D eigenvalue weighted by Gasteiger charge is 2.24. The smallest absolute Gasteiger partial charge is 0.407 e. The molecule has 0 heterocycles. The zero-order valence-corrected chi connectivity index (χ0v) is 29.9. The summed E-state index contributed by atoms with van der Waals surface area (Å²) in [6, 6.07) is 20.8. The third-order valence-electron chi connectivity index (χ3n) is 7.32. The Labute approximate surface area is 296 Å². The second-order valence-electron chi connectivity index (χ2n) is 12.5. The summed E-state index contributed by atoms with van der Waals surface area (Å²) in [7, 11) is -3.71. The fourth-order valence-electron chi connectivity index (χ4n) is 4.88. The average molecular weight is 724 g/mol. The van der Waals surface area contributed by atoms with E-state index in [0.29, 0.717) is 33.9 Å². The lowest BCUT2D eigenvalue weighted by molar-refractivity contribution is -0.122. The molecule has 1 unspecified atom stereocenters. The van der Waals surface area contributed by atoms with E-state index in [0.717, 1.165) is 6.26 Å². The van der Waals surface area contributed by atoms with Crippen molar-refractivity contribution in [2.24, 2.45) is 0 Å². The van der Waals surface area contributed by atoms with Crippen LogP contribution in [-0.4, -0.2) is 44.2 Å². The van der Waals surface area contributed by atoms with Gasteiger partial charge < -0.3 is 20.1 Å². The molecule has 4 rings (SSSR count). The van der Waals surface area contributed by atoms with Gasteiger partial charge in [-0.2, -0.15) is 0 Å². The number of rotatable bonds is 12. The highest BCUT2D eigenvalue weighted by Crippen LogP contribution is 2.38. The summed E-state index contributed by atoms with van der Waals surface area (Å²) >= 11 is 6.36. The van der Waals surface area contributed by atoms with E-state index in [1.54, 1.807) is 82.3 Å². The molecule has 13 heteroatoms. The number of alkyl carbamates (subject to hydrolysis) is 1. The lowest BCUT2D eigenvalue weighted by Crippen LogP contribution is -2.45.